The van der Waals surface area contributed by atoms with Crippen LogP contribution in [0.4, 0.5) is 13.2 Å². The summed E-state index contributed by atoms with van der Waals surface area (Å²) in [4.78, 5) is 2.10. The first-order valence-electron chi connectivity index (χ1n) is 11.3. The van der Waals surface area contributed by atoms with Crippen LogP contribution in [0.5, 0.6) is 11.5 Å². The van der Waals surface area contributed by atoms with Gasteiger partial charge in [-0.3, -0.25) is 0 Å². The largest absolute Gasteiger partial charge is 0.492 e. The summed E-state index contributed by atoms with van der Waals surface area (Å²) >= 11 is 2.78. The Bertz CT molecular complexity index is 1050. The van der Waals surface area contributed by atoms with E-state index in [0.29, 0.717) is 23.8 Å². The highest BCUT2D eigenvalue weighted by Crippen LogP contribution is 2.48. The molecule has 0 fully saturated rings. The van der Waals surface area contributed by atoms with Crippen molar-refractivity contribution in [2.75, 3.05) is 13.2 Å². The first kappa shape index (κ1) is 26.1. The normalized spacial score (nSPS) is 11.2. The highest BCUT2D eigenvalue weighted by atomic mass is 32.1. The first-order valence-corrected chi connectivity index (χ1v) is 13.6. The second-order valence-corrected chi connectivity index (χ2v) is 10.4. The Balaban J connectivity index is 2.03. The number of thiophene rings is 2. The van der Waals surface area contributed by atoms with Gasteiger partial charge in [0, 0.05) is 22.5 Å². The number of unbranched alkanes of at least 4 members (excludes halogenated alkanes) is 4. The molecule has 1 aromatic carbocycles. The van der Waals surface area contributed by atoms with Gasteiger partial charge in [-0.2, -0.15) is 0 Å². The van der Waals surface area contributed by atoms with Crippen molar-refractivity contribution in [2.45, 2.75) is 59.3 Å². The van der Waals surface area contributed by atoms with E-state index in [2.05, 4.69) is 23.1 Å². The highest BCUT2D eigenvalue weighted by Gasteiger charge is 2.26. The van der Waals surface area contributed by atoms with Gasteiger partial charge in [0.05, 0.1) is 27.8 Å². The lowest BCUT2D eigenvalue weighted by Crippen LogP contribution is -2.12. The Morgan fingerprint density at radius 3 is 2.12 bits per heavy atom. The molecule has 33 heavy (non-hydrogen) atoms. The lowest BCUT2D eigenvalue weighted by Gasteiger charge is -2.13. The molecule has 2 heterocycles. The number of ether oxygens (including phenoxy) is 2. The van der Waals surface area contributed by atoms with Crippen molar-refractivity contribution in [1.82, 2.24) is 0 Å². The van der Waals surface area contributed by atoms with Gasteiger partial charge in [0.1, 0.15) is 17.3 Å². The molecular weight excluding hydrogens is 484 g/mol. The molecule has 2 nitrogen and oxygen atoms in total. The predicted molar refractivity (Wildman–Crippen MR) is 137 cm³/mol. The molecule has 1 atom stereocenters. The standard InChI is InChI=1S/C25H30F3O2PS2/c1-4-6-8-11-29-16-10-13-32-24(16)18-14-17(30-12-9-7-5-2)25(33-18)19-22(28)20(26)15(3)21(27)23(19)31/h10,13-14H,4-9,11-12,31H2,1-3H3. The highest BCUT2D eigenvalue weighted by molar-refractivity contribution is 7.29. The molecule has 0 saturated heterocycles. The van der Waals surface area contributed by atoms with E-state index < -0.39 is 17.5 Å². The van der Waals surface area contributed by atoms with Gasteiger partial charge >= 0.3 is 0 Å². The second-order valence-electron chi connectivity index (χ2n) is 7.88. The Morgan fingerprint density at radius 2 is 1.48 bits per heavy atom. The average molecular weight is 515 g/mol. The second kappa shape index (κ2) is 12.2. The quantitative estimate of drug-likeness (QED) is 0.137. The molecule has 1 unspecified atom stereocenters. The van der Waals surface area contributed by atoms with Gasteiger partial charge in [-0.25, -0.2) is 13.2 Å². The summed E-state index contributed by atoms with van der Waals surface area (Å²) in [5, 5.41) is 1.94. The third-order valence-corrected chi connectivity index (χ3v) is 8.12. The fourth-order valence-corrected chi connectivity index (χ4v) is 6.16. The van der Waals surface area contributed by atoms with Crippen molar-refractivity contribution >= 4 is 37.2 Å². The van der Waals surface area contributed by atoms with Crippen LogP contribution < -0.4 is 14.8 Å². The fourth-order valence-electron chi connectivity index (χ4n) is 3.45. The van der Waals surface area contributed by atoms with Gasteiger partial charge < -0.3 is 9.47 Å². The maximum absolute atomic E-state index is 15.1. The summed E-state index contributed by atoms with van der Waals surface area (Å²) in [6, 6.07) is 3.75. The summed E-state index contributed by atoms with van der Waals surface area (Å²) in [5.74, 6) is -1.81. The van der Waals surface area contributed by atoms with Crippen molar-refractivity contribution in [1.29, 1.82) is 0 Å². The van der Waals surface area contributed by atoms with E-state index in [4.69, 9.17) is 9.47 Å². The summed E-state index contributed by atoms with van der Waals surface area (Å²) in [7, 11) is 2.22. The van der Waals surface area contributed by atoms with E-state index in [-0.39, 0.29) is 16.4 Å². The van der Waals surface area contributed by atoms with Gasteiger partial charge in [-0.05, 0) is 31.2 Å². The zero-order chi connectivity index (χ0) is 24.0. The summed E-state index contributed by atoms with van der Waals surface area (Å²) in [6.07, 6.45) is 6.07. The van der Waals surface area contributed by atoms with Crippen LogP contribution in [0.25, 0.3) is 20.2 Å². The molecule has 0 radical (unpaired) electrons. The minimum atomic E-state index is -1.17. The smallest absolute Gasteiger partial charge is 0.168 e. The fraction of sp³-hybridized carbons (Fsp3) is 0.440. The summed E-state index contributed by atoms with van der Waals surface area (Å²) < 4.78 is 56.2. The molecule has 0 bridgehead atoms. The Morgan fingerprint density at radius 1 is 0.848 bits per heavy atom. The van der Waals surface area contributed by atoms with Gasteiger partial charge in [-0.1, -0.05) is 39.5 Å². The third-order valence-electron chi connectivity index (χ3n) is 5.37. The maximum Gasteiger partial charge on any atom is 0.168 e. The van der Waals surface area contributed by atoms with Crippen LogP contribution in [0.1, 0.15) is 57.9 Å². The molecule has 0 N–H and O–H groups in total. The topological polar surface area (TPSA) is 18.5 Å². The monoisotopic (exact) mass is 514 g/mol. The van der Waals surface area contributed by atoms with Gasteiger partial charge in [-0.15, -0.1) is 31.9 Å². The Hall–Kier alpha value is -1.56. The number of hydrogen-bond acceptors (Lipinski definition) is 4. The molecule has 0 aliphatic heterocycles. The Labute approximate surface area is 204 Å². The third kappa shape index (κ3) is 5.93. The molecule has 2 aromatic heterocycles. The molecule has 8 heteroatoms. The van der Waals surface area contributed by atoms with Crippen molar-refractivity contribution in [3.05, 3.63) is 40.5 Å². The van der Waals surface area contributed by atoms with Crippen molar-refractivity contribution in [3.63, 3.8) is 0 Å². The predicted octanol–water partition coefficient (Wildman–Crippen LogP) is 8.51. The van der Waals surface area contributed by atoms with Crippen molar-refractivity contribution < 1.29 is 22.6 Å². The van der Waals surface area contributed by atoms with E-state index in [1.807, 2.05) is 17.5 Å². The lowest BCUT2D eigenvalue weighted by atomic mass is 10.1. The van der Waals surface area contributed by atoms with E-state index >= 15 is 4.39 Å². The molecular formula is C25H30F3O2PS2. The zero-order valence-electron chi connectivity index (χ0n) is 19.2. The first-order chi connectivity index (χ1) is 15.9. The number of benzene rings is 1. The van der Waals surface area contributed by atoms with Crippen LogP contribution in [0.3, 0.4) is 0 Å². The van der Waals surface area contributed by atoms with Crippen molar-refractivity contribution in [2.24, 2.45) is 0 Å². The number of rotatable bonds is 12. The van der Waals surface area contributed by atoms with E-state index in [9.17, 15) is 8.78 Å². The minimum absolute atomic E-state index is 0.000395. The summed E-state index contributed by atoms with van der Waals surface area (Å²) in [5.41, 5.74) is -0.436. The zero-order valence-corrected chi connectivity index (χ0v) is 22.0. The van der Waals surface area contributed by atoms with Crippen LogP contribution in [-0.2, 0) is 0 Å². The number of hydrogen-bond donors (Lipinski definition) is 0. The lowest BCUT2D eigenvalue weighted by molar-refractivity contribution is 0.308. The summed E-state index contributed by atoms with van der Waals surface area (Å²) in [6.45, 7) is 6.55. The van der Waals surface area contributed by atoms with Crippen LogP contribution in [-0.4, -0.2) is 13.2 Å². The van der Waals surface area contributed by atoms with E-state index in [0.717, 1.165) is 54.0 Å². The van der Waals surface area contributed by atoms with Gasteiger partial charge in [0.2, 0.25) is 0 Å². The van der Waals surface area contributed by atoms with Crippen LogP contribution in [0.2, 0.25) is 0 Å². The molecule has 180 valence electrons. The number of halogens is 3. The molecule has 0 spiro atoms. The average Bonchev–Trinajstić information content (AvgIpc) is 3.44. The van der Waals surface area contributed by atoms with Gasteiger partial charge in [0.15, 0.2) is 11.6 Å². The molecule has 3 aromatic rings. The van der Waals surface area contributed by atoms with Crippen molar-refractivity contribution in [3.8, 4) is 31.7 Å². The SMILES string of the molecule is CCCCCOc1ccsc1-c1cc(OCCCCC)c(-c2c(F)c(F)c(C)c(F)c2P)s1. The molecule has 0 aliphatic carbocycles. The Kier molecular flexibility index (Phi) is 9.66. The van der Waals surface area contributed by atoms with Crippen LogP contribution in [0, 0.1) is 24.4 Å². The van der Waals surface area contributed by atoms with Crippen LogP contribution in [0.15, 0.2) is 17.5 Å². The maximum atomic E-state index is 15.1. The molecule has 3 rings (SSSR count). The minimum Gasteiger partial charge on any atom is -0.492 e. The van der Waals surface area contributed by atoms with E-state index in [1.165, 1.54) is 29.6 Å². The molecule has 0 saturated carbocycles. The van der Waals surface area contributed by atoms with E-state index in [1.54, 1.807) is 0 Å². The van der Waals surface area contributed by atoms with Gasteiger partial charge in [0.25, 0.3) is 0 Å². The van der Waals surface area contributed by atoms with Crippen LogP contribution >= 0.6 is 31.9 Å². The molecule has 0 aliphatic rings. The molecule has 0 amide bonds.